The molecule has 0 unspecified atom stereocenters. The van der Waals surface area contributed by atoms with Gasteiger partial charge in [-0.1, -0.05) is 17.7 Å². The van der Waals surface area contributed by atoms with Gasteiger partial charge in [-0.2, -0.15) is 0 Å². The second-order valence-electron chi connectivity index (χ2n) is 7.44. The molecule has 2 heterocycles. The van der Waals surface area contributed by atoms with Crippen LogP contribution in [-0.4, -0.2) is 52.2 Å². The first-order valence-electron chi connectivity index (χ1n) is 9.34. The van der Waals surface area contributed by atoms with E-state index in [1.807, 2.05) is 26.0 Å². The molecule has 0 atom stereocenters. The minimum atomic E-state index is -3.42. The molecule has 140 valence electrons. The summed E-state index contributed by atoms with van der Waals surface area (Å²) < 4.78 is 33.4. The molecule has 5 nitrogen and oxygen atoms in total. The van der Waals surface area contributed by atoms with Gasteiger partial charge in [0.25, 0.3) is 0 Å². The van der Waals surface area contributed by atoms with Crippen LogP contribution < -0.4 is 4.72 Å². The van der Waals surface area contributed by atoms with E-state index in [0.717, 1.165) is 63.1 Å². The number of ether oxygens (including phenoxy) is 1. The average molecular weight is 367 g/mol. The molecule has 1 aromatic carbocycles. The number of aryl methyl sites for hydroxylation is 2. The smallest absolute Gasteiger partial charge is 0.240 e. The Morgan fingerprint density at radius 2 is 1.80 bits per heavy atom. The maximum Gasteiger partial charge on any atom is 0.240 e. The van der Waals surface area contributed by atoms with Crippen LogP contribution in [0, 0.1) is 19.8 Å². The number of likely N-dealkylation sites (tertiary alicyclic amines) is 1. The zero-order valence-electron chi connectivity index (χ0n) is 15.3. The van der Waals surface area contributed by atoms with Crippen molar-refractivity contribution in [2.24, 2.45) is 5.92 Å². The van der Waals surface area contributed by atoms with Gasteiger partial charge >= 0.3 is 0 Å². The molecule has 25 heavy (non-hydrogen) atoms. The van der Waals surface area contributed by atoms with E-state index in [9.17, 15) is 8.42 Å². The summed E-state index contributed by atoms with van der Waals surface area (Å²) in [5, 5.41) is 0. The van der Waals surface area contributed by atoms with Crippen LogP contribution in [0.4, 0.5) is 0 Å². The van der Waals surface area contributed by atoms with Crippen LogP contribution in [-0.2, 0) is 14.8 Å². The van der Waals surface area contributed by atoms with E-state index in [-0.39, 0.29) is 0 Å². The molecule has 0 bridgehead atoms. The van der Waals surface area contributed by atoms with Crippen molar-refractivity contribution < 1.29 is 13.2 Å². The molecule has 0 radical (unpaired) electrons. The fraction of sp³-hybridized carbons (Fsp3) is 0.684. The summed E-state index contributed by atoms with van der Waals surface area (Å²) in [7, 11) is -3.42. The van der Waals surface area contributed by atoms with Crippen molar-refractivity contribution in [2.45, 2.75) is 50.5 Å². The summed E-state index contributed by atoms with van der Waals surface area (Å²) in [6.45, 7) is 8.26. The van der Waals surface area contributed by atoms with Gasteiger partial charge in [0.05, 0.1) is 4.90 Å². The zero-order valence-corrected chi connectivity index (χ0v) is 16.1. The van der Waals surface area contributed by atoms with E-state index < -0.39 is 10.0 Å². The molecular formula is C19H30N2O3S. The van der Waals surface area contributed by atoms with Gasteiger partial charge in [-0.25, -0.2) is 13.1 Å². The van der Waals surface area contributed by atoms with Crippen molar-refractivity contribution in [2.75, 3.05) is 32.8 Å². The van der Waals surface area contributed by atoms with E-state index in [2.05, 4.69) is 9.62 Å². The lowest BCUT2D eigenvalue weighted by Crippen LogP contribution is -2.45. The Kier molecular flexibility index (Phi) is 6.15. The normalized spacial score (nSPS) is 21.5. The topological polar surface area (TPSA) is 58.6 Å². The molecule has 0 aliphatic carbocycles. The van der Waals surface area contributed by atoms with Crippen LogP contribution in [0.5, 0.6) is 0 Å². The molecule has 0 amide bonds. The molecule has 0 spiro atoms. The number of rotatable bonds is 5. The highest BCUT2D eigenvalue weighted by Gasteiger charge is 2.27. The third-order valence-electron chi connectivity index (χ3n) is 5.54. The lowest BCUT2D eigenvalue weighted by molar-refractivity contribution is 0.0214. The lowest BCUT2D eigenvalue weighted by Gasteiger charge is -2.39. The Bertz CT molecular complexity index is 676. The van der Waals surface area contributed by atoms with Crippen molar-refractivity contribution in [3.63, 3.8) is 0 Å². The molecule has 6 heteroatoms. The molecular weight excluding hydrogens is 336 g/mol. The fourth-order valence-electron chi connectivity index (χ4n) is 3.98. The van der Waals surface area contributed by atoms with E-state index in [4.69, 9.17) is 4.74 Å². The van der Waals surface area contributed by atoms with Crippen molar-refractivity contribution in [3.05, 3.63) is 29.3 Å². The van der Waals surface area contributed by atoms with Crippen molar-refractivity contribution in [1.29, 1.82) is 0 Å². The molecule has 2 fully saturated rings. The van der Waals surface area contributed by atoms with Crippen LogP contribution >= 0.6 is 0 Å². The number of nitrogens with one attached hydrogen (secondary N) is 1. The number of nitrogens with zero attached hydrogens (tertiary/aromatic N) is 1. The molecule has 2 saturated heterocycles. The maximum absolute atomic E-state index is 12.6. The number of hydrogen-bond donors (Lipinski definition) is 1. The highest BCUT2D eigenvalue weighted by molar-refractivity contribution is 7.89. The van der Waals surface area contributed by atoms with Gasteiger partial charge in [0.2, 0.25) is 10.0 Å². The van der Waals surface area contributed by atoms with Crippen molar-refractivity contribution >= 4 is 10.0 Å². The Morgan fingerprint density at radius 3 is 2.44 bits per heavy atom. The number of hydrogen-bond acceptors (Lipinski definition) is 4. The minimum Gasteiger partial charge on any atom is -0.381 e. The van der Waals surface area contributed by atoms with Gasteiger partial charge < -0.3 is 9.64 Å². The molecule has 2 aliphatic rings. The predicted octanol–water partition coefficient (Wildman–Crippen LogP) is 2.47. The first-order chi connectivity index (χ1) is 12.0. The van der Waals surface area contributed by atoms with Gasteiger partial charge in [0.15, 0.2) is 0 Å². The molecule has 1 aromatic rings. The second kappa shape index (κ2) is 8.16. The summed E-state index contributed by atoms with van der Waals surface area (Å²) in [5.74, 6) is 0.427. The number of sulfonamides is 1. The molecule has 0 aromatic heterocycles. The molecule has 1 N–H and O–H groups in total. The molecule has 0 saturated carbocycles. The fourth-order valence-corrected chi connectivity index (χ4v) is 5.32. The third-order valence-corrected chi connectivity index (χ3v) is 7.12. The van der Waals surface area contributed by atoms with Crippen LogP contribution in [0.1, 0.15) is 36.8 Å². The van der Waals surface area contributed by atoms with Crippen molar-refractivity contribution in [1.82, 2.24) is 9.62 Å². The summed E-state index contributed by atoms with van der Waals surface area (Å²) in [6, 6.07) is 6.14. The highest BCUT2D eigenvalue weighted by Crippen LogP contribution is 2.23. The van der Waals surface area contributed by atoms with E-state index in [0.29, 0.717) is 23.4 Å². The summed E-state index contributed by atoms with van der Waals surface area (Å²) >= 11 is 0. The van der Waals surface area contributed by atoms with Crippen molar-refractivity contribution in [3.8, 4) is 0 Å². The standard InChI is InChI=1S/C19H30N2O3S/c1-15-3-4-19(16(2)13-15)25(22,23)20-14-17-5-9-21(10-6-17)18-7-11-24-12-8-18/h3-4,13,17-18,20H,5-12,14H2,1-2H3. The van der Waals surface area contributed by atoms with Gasteiger partial charge in [0.1, 0.15) is 0 Å². The number of benzene rings is 1. The van der Waals surface area contributed by atoms with Crippen LogP contribution in [0.15, 0.2) is 23.1 Å². The SMILES string of the molecule is Cc1ccc(S(=O)(=O)NCC2CCN(C3CCOCC3)CC2)c(C)c1. The Hall–Kier alpha value is -0.950. The number of piperidine rings is 1. The maximum atomic E-state index is 12.6. The zero-order chi connectivity index (χ0) is 17.9. The highest BCUT2D eigenvalue weighted by atomic mass is 32.2. The van der Waals surface area contributed by atoms with Gasteiger partial charge in [0, 0.05) is 25.8 Å². The van der Waals surface area contributed by atoms with E-state index in [1.54, 1.807) is 6.07 Å². The molecule has 2 aliphatic heterocycles. The Balaban J connectivity index is 1.50. The predicted molar refractivity (Wildman–Crippen MR) is 99.2 cm³/mol. The third kappa shape index (κ3) is 4.82. The van der Waals surface area contributed by atoms with Crippen LogP contribution in [0.2, 0.25) is 0 Å². The van der Waals surface area contributed by atoms with Crippen LogP contribution in [0.3, 0.4) is 0 Å². The summed E-state index contributed by atoms with van der Waals surface area (Å²) in [4.78, 5) is 2.97. The van der Waals surface area contributed by atoms with E-state index >= 15 is 0 Å². The second-order valence-corrected chi connectivity index (χ2v) is 9.18. The Labute approximate surface area is 151 Å². The average Bonchev–Trinajstić information content (AvgIpc) is 2.61. The summed E-state index contributed by atoms with van der Waals surface area (Å²) in [5.41, 5.74) is 1.89. The van der Waals surface area contributed by atoms with Gasteiger partial charge in [-0.3, -0.25) is 0 Å². The van der Waals surface area contributed by atoms with Gasteiger partial charge in [-0.05, 0) is 70.2 Å². The minimum absolute atomic E-state index is 0.401. The van der Waals surface area contributed by atoms with Crippen LogP contribution in [0.25, 0.3) is 0 Å². The van der Waals surface area contributed by atoms with E-state index in [1.165, 1.54) is 0 Å². The van der Waals surface area contributed by atoms with Gasteiger partial charge in [-0.15, -0.1) is 0 Å². The monoisotopic (exact) mass is 366 g/mol. The first-order valence-corrected chi connectivity index (χ1v) is 10.8. The molecule has 3 rings (SSSR count). The Morgan fingerprint density at radius 1 is 1.12 bits per heavy atom. The lowest BCUT2D eigenvalue weighted by atomic mass is 9.94. The quantitative estimate of drug-likeness (QED) is 0.870. The summed E-state index contributed by atoms with van der Waals surface area (Å²) in [6.07, 6.45) is 4.38. The largest absolute Gasteiger partial charge is 0.381 e. The first kappa shape index (κ1) is 18.8.